The summed E-state index contributed by atoms with van der Waals surface area (Å²) >= 11 is 8.11. The number of aromatic nitrogens is 5. The van der Waals surface area contributed by atoms with Crippen molar-refractivity contribution in [3.63, 3.8) is 0 Å². The van der Waals surface area contributed by atoms with Gasteiger partial charge in [-0.25, -0.2) is 9.38 Å². The van der Waals surface area contributed by atoms with Crippen LogP contribution in [0.1, 0.15) is 6.23 Å². The van der Waals surface area contributed by atoms with Gasteiger partial charge >= 0.3 is 29.6 Å². The largest absolute Gasteiger partial charge is 1.00 e. The number of rotatable bonds is 2. The second-order valence-electron chi connectivity index (χ2n) is 7.44. The molecule has 4 aromatic rings. The number of aliphatic hydroxyl groups excluding tert-OH is 1. The summed E-state index contributed by atoms with van der Waals surface area (Å²) in [7, 11) is 0. The fourth-order valence-electron chi connectivity index (χ4n) is 4.03. The number of hydrogen-bond acceptors (Lipinski definition) is 9. The van der Waals surface area contributed by atoms with Gasteiger partial charge in [-0.05, 0) is 21.5 Å². The van der Waals surface area contributed by atoms with Gasteiger partial charge in [0.2, 0.25) is 5.78 Å². The van der Waals surface area contributed by atoms with E-state index in [1.54, 1.807) is 6.20 Å². The van der Waals surface area contributed by atoms with E-state index in [0.717, 1.165) is 5.56 Å². The van der Waals surface area contributed by atoms with E-state index in [0.29, 0.717) is 11.5 Å². The average Bonchev–Trinajstić information content (AvgIpc) is 3.43. The molecule has 2 saturated heterocycles. The van der Waals surface area contributed by atoms with Crippen molar-refractivity contribution in [2.24, 2.45) is 0 Å². The zero-order chi connectivity index (χ0) is 22.2. The van der Waals surface area contributed by atoms with Crippen LogP contribution in [0.5, 0.6) is 0 Å². The normalized spacial score (nSPS) is 28.4. The molecule has 2 aliphatic heterocycles. The zero-order valence-electron chi connectivity index (χ0n) is 17.5. The third-order valence-electron chi connectivity index (χ3n) is 5.51. The van der Waals surface area contributed by atoms with Gasteiger partial charge in [-0.1, -0.05) is 42.1 Å². The van der Waals surface area contributed by atoms with Gasteiger partial charge in [0, 0.05) is 6.20 Å². The summed E-state index contributed by atoms with van der Waals surface area (Å²) < 4.78 is 19.3. The Labute approximate surface area is 226 Å². The van der Waals surface area contributed by atoms with Crippen LogP contribution in [-0.2, 0) is 25.6 Å². The van der Waals surface area contributed by atoms with E-state index >= 15 is 0 Å². The molecule has 2 aliphatic rings. The molecular formula is C18H16BrN5NaO7PS. The summed E-state index contributed by atoms with van der Waals surface area (Å²) in [6.07, 6.45) is -2.23. The van der Waals surface area contributed by atoms with Crippen LogP contribution >= 0.6 is 22.6 Å². The van der Waals surface area contributed by atoms with E-state index in [1.165, 1.54) is 8.97 Å². The van der Waals surface area contributed by atoms with Crippen molar-refractivity contribution in [3.05, 3.63) is 51.6 Å². The fourth-order valence-corrected chi connectivity index (χ4v) is 6.01. The molecule has 5 heterocycles. The molecule has 3 aromatic heterocycles. The first kappa shape index (κ1) is 26.1. The number of aromatic amines is 1. The molecular weight excluding hydrogens is 564 g/mol. The predicted molar refractivity (Wildman–Crippen MR) is 121 cm³/mol. The average molecular weight is 580 g/mol. The SMILES string of the molecule is O.O=c1c2nc(Br)n([C@@H]3O[C@@H]4COP([O-])(=S)O[C@H]4[C@H]3O)c2nc2[nH]c(-c3ccccc3)cn12.[Na+]. The quantitative estimate of drug-likeness (QED) is 0.145. The van der Waals surface area contributed by atoms with Crippen LogP contribution < -0.4 is 40.0 Å². The number of aliphatic hydroxyl groups is 1. The number of fused-ring (bicyclic) bond motifs is 3. The molecule has 0 aliphatic carbocycles. The zero-order valence-corrected chi connectivity index (χ0v) is 22.8. The summed E-state index contributed by atoms with van der Waals surface area (Å²) in [5.41, 5.74) is 1.51. The molecule has 5 atom stereocenters. The first-order chi connectivity index (χ1) is 15.3. The number of H-pyrrole nitrogens is 1. The predicted octanol–water partition coefficient (Wildman–Crippen LogP) is -2.76. The molecule has 2 fully saturated rings. The van der Waals surface area contributed by atoms with Gasteiger partial charge < -0.3 is 34.2 Å². The van der Waals surface area contributed by atoms with E-state index in [1.807, 2.05) is 30.3 Å². The number of hydrogen-bond donors (Lipinski definition) is 2. The smallest absolute Gasteiger partial charge is 0.780 e. The second-order valence-corrected chi connectivity index (χ2v) is 10.9. The van der Waals surface area contributed by atoms with Crippen LogP contribution in [-0.4, -0.2) is 59.4 Å². The summed E-state index contributed by atoms with van der Waals surface area (Å²) in [4.78, 5) is 37.2. The molecule has 0 saturated carbocycles. The van der Waals surface area contributed by atoms with E-state index in [4.69, 9.17) is 25.6 Å². The number of nitrogens with zero attached hydrogens (tertiary/aromatic N) is 4. The monoisotopic (exact) mass is 579 g/mol. The van der Waals surface area contributed by atoms with Crippen LogP contribution in [0.2, 0.25) is 0 Å². The number of benzene rings is 1. The summed E-state index contributed by atoms with van der Waals surface area (Å²) in [5, 5.41) is 10.8. The summed E-state index contributed by atoms with van der Waals surface area (Å²) in [6.45, 7) is -3.77. The van der Waals surface area contributed by atoms with Gasteiger partial charge in [-0.15, -0.1) is 0 Å². The minimum atomic E-state index is -3.69. The van der Waals surface area contributed by atoms with Crippen LogP contribution in [0.4, 0.5) is 0 Å². The van der Waals surface area contributed by atoms with Crippen LogP contribution in [0.25, 0.3) is 28.2 Å². The molecule has 0 radical (unpaired) electrons. The van der Waals surface area contributed by atoms with Gasteiger partial charge in [0.25, 0.3) is 5.56 Å². The van der Waals surface area contributed by atoms with Crippen molar-refractivity contribution in [1.82, 2.24) is 23.9 Å². The third-order valence-corrected chi connectivity index (χ3v) is 7.61. The topological polar surface area (TPSA) is 170 Å². The fraction of sp³-hybridized carbons (Fsp3) is 0.278. The Hall–Kier alpha value is -1.000. The van der Waals surface area contributed by atoms with Gasteiger partial charge in [0.05, 0.1) is 12.3 Å². The van der Waals surface area contributed by atoms with Gasteiger partial charge in [0.1, 0.15) is 25.0 Å². The third kappa shape index (κ3) is 4.15. The number of imidazole rings is 2. The molecule has 12 nitrogen and oxygen atoms in total. The Morgan fingerprint density at radius 3 is 2.76 bits per heavy atom. The van der Waals surface area contributed by atoms with Crippen molar-refractivity contribution in [3.8, 4) is 11.3 Å². The van der Waals surface area contributed by atoms with E-state index in [9.17, 15) is 14.8 Å². The molecule has 0 spiro atoms. The molecule has 0 bridgehead atoms. The van der Waals surface area contributed by atoms with Crippen molar-refractivity contribution in [2.45, 2.75) is 24.5 Å². The molecule has 16 heteroatoms. The first-order valence-corrected chi connectivity index (χ1v) is 12.9. The molecule has 0 amide bonds. The van der Waals surface area contributed by atoms with Gasteiger partial charge in [-0.3, -0.25) is 9.36 Å². The first-order valence-electron chi connectivity index (χ1n) is 9.54. The maximum absolute atomic E-state index is 13.1. The van der Waals surface area contributed by atoms with E-state index in [2.05, 4.69) is 30.9 Å². The molecule has 4 N–H and O–H groups in total. The molecule has 174 valence electrons. The van der Waals surface area contributed by atoms with E-state index in [-0.39, 0.29) is 63.1 Å². The summed E-state index contributed by atoms with van der Waals surface area (Å²) in [6, 6.07) is 9.51. The van der Waals surface area contributed by atoms with Crippen LogP contribution in [0.15, 0.2) is 46.1 Å². The van der Waals surface area contributed by atoms with Crippen molar-refractivity contribution in [2.75, 3.05) is 6.61 Å². The van der Waals surface area contributed by atoms with E-state index < -0.39 is 31.3 Å². The maximum Gasteiger partial charge on any atom is 1.00 e. The second kappa shape index (κ2) is 9.47. The van der Waals surface area contributed by atoms with Crippen LogP contribution in [0, 0.1) is 0 Å². The molecule has 6 rings (SSSR count). The van der Waals surface area contributed by atoms with Gasteiger partial charge in [-0.2, -0.15) is 4.98 Å². The molecule has 1 aromatic carbocycles. The maximum atomic E-state index is 13.1. The minimum Gasteiger partial charge on any atom is -0.780 e. The minimum absolute atomic E-state index is 0. The number of halogens is 1. The number of ether oxygens (including phenoxy) is 1. The Bertz CT molecular complexity index is 1480. The Kier molecular flexibility index (Phi) is 7.26. The Balaban J connectivity index is 0.00000137. The van der Waals surface area contributed by atoms with Crippen LogP contribution in [0.3, 0.4) is 0 Å². The Morgan fingerprint density at radius 2 is 2.03 bits per heavy atom. The Morgan fingerprint density at radius 1 is 1.29 bits per heavy atom. The number of nitrogens with one attached hydrogen (secondary N) is 1. The van der Waals surface area contributed by atoms with Crippen molar-refractivity contribution >= 4 is 51.4 Å². The van der Waals surface area contributed by atoms with Gasteiger partial charge in [0.15, 0.2) is 22.1 Å². The standard InChI is InChI=1S/C18H15BrN5O6PS.Na.H2O/c19-17-21-11-14(24(17)16-12(25)13-10(29-16)7-28-31(27,32)30-13)22-18-20-9(6-23(18)15(11)26)8-4-2-1-3-5-8;;/h1-6,10,12-13,16,25H,7H2,(H,20,22)(H,27,32);;1H2/q;+1;/p-1/t10-,12-,13-,16-,31?;;/m1../s1. The summed E-state index contributed by atoms with van der Waals surface area (Å²) in [5.74, 6) is 0.301. The van der Waals surface area contributed by atoms with Crippen molar-refractivity contribution < 1.29 is 58.8 Å². The molecule has 1 unspecified atom stereocenters. The molecule has 34 heavy (non-hydrogen) atoms. The van der Waals surface area contributed by atoms with Crippen molar-refractivity contribution in [1.29, 1.82) is 0 Å².